The minimum Gasteiger partial charge on any atom is -0.385 e. The summed E-state index contributed by atoms with van der Waals surface area (Å²) in [5.74, 6) is 0. The van der Waals surface area contributed by atoms with Crippen LogP contribution >= 0.6 is 28.1 Å². The number of aryl methyl sites for hydroxylation is 1. The molecule has 0 fully saturated rings. The minimum absolute atomic E-state index is 0.727. The number of nitrogens with one attached hydrogen (secondary N) is 1. The van der Waals surface area contributed by atoms with Crippen LogP contribution in [0.25, 0.3) is 0 Å². The molecular weight excluding hydrogens is 328 g/mol. The van der Waals surface area contributed by atoms with Crippen molar-refractivity contribution >= 4 is 33.3 Å². The number of ether oxygens (including phenoxy) is 1. The first-order valence-electron chi connectivity index (χ1n) is 6.28. The summed E-state index contributed by atoms with van der Waals surface area (Å²) < 4.78 is 7.98. The number of methoxy groups -OCH3 is 1. The molecule has 7 heteroatoms. The molecule has 108 valence electrons. The number of thiocarbonyl (C=S) groups is 1. The highest BCUT2D eigenvalue weighted by molar-refractivity contribution is 9.10. The van der Waals surface area contributed by atoms with E-state index in [0.717, 1.165) is 47.9 Å². The predicted octanol–water partition coefficient (Wildman–Crippen LogP) is 2.01. The zero-order valence-corrected chi connectivity index (χ0v) is 14.1. The van der Waals surface area contributed by atoms with E-state index >= 15 is 0 Å². The summed E-state index contributed by atoms with van der Waals surface area (Å²) in [6, 6.07) is 0. The standard InChI is InChI=1S/C12H21BrN4OS/c1-4-17-11(10(13)8-15-17)9-16(2)12(19)14-6-5-7-18-3/h8H,4-7,9H2,1-3H3,(H,14,19). The van der Waals surface area contributed by atoms with Gasteiger partial charge >= 0.3 is 0 Å². The first-order valence-corrected chi connectivity index (χ1v) is 7.48. The van der Waals surface area contributed by atoms with Gasteiger partial charge < -0.3 is 15.0 Å². The van der Waals surface area contributed by atoms with Crippen molar-refractivity contribution in [3.8, 4) is 0 Å². The normalized spacial score (nSPS) is 10.5. The third-order valence-electron chi connectivity index (χ3n) is 2.73. The largest absolute Gasteiger partial charge is 0.385 e. The van der Waals surface area contributed by atoms with Gasteiger partial charge in [-0.05, 0) is 41.5 Å². The highest BCUT2D eigenvalue weighted by Gasteiger charge is 2.12. The van der Waals surface area contributed by atoms with Gasteiger partial charge in [0.25, 0.3) is 0 Å². The van der Waals surface area contributed by atoms with Crippen molar-refractivity contribution in [3.63, 3.8) is 0 Å². The van der Waals surface area contributed by atoms with Crippen molar-refractivity contribution in [2.45, 2.75) is 26.4 Å². The fourth-order valence-corrected chi connectivity index (χ4v) is 2.25. The van der Waals surface area contributed by atoms with Gasteiger partial charge in [0.05, 0.1) is 22.9 Å². The summed E-state index contributed by atoms with van der Waals surface area (Å²) in [5.41, 5.74) is 1.13. The van der Waals surface area contributed by atoms with Crippen LogP contribution in [0.4, 0.5) is 0 Å². The van der Waals surface area contributed by atoms with E-state index in [1.165, 1.54) is 0 Å². The molecule has 1 aromatic rings. The van der Waals surface area contributed by atoms with Crippen LogP contribution in [0.1, 0.15) is 19.0 Å². The Bertz CT molecular complexity index is 410. The highest BCUT2D eigenvalue weighted by atomic mass is 79.9. The first kappa shape index (κ1) is 16.4. The van der Waals surface area contributed by atoms with Gasteiger partial charge in [0, 0.05) is 33.9 Å². The summed E-state index contributed by atoms with van der Waals surface area (Å²) >= 11 is 8.87. The number of aromatic nitrogens is 2. The molecule has 0 bridgehead atoms. The molecule has 19 heavy (non-hydrogen) atoms. The quantitative estimate of drug-likeness (QED) is 0.603. The van der Waals surface area contributed by atoms with Gasteiger partial charge in [0.2, 0.25) is 0 Å². The number of nitrogens with zero attached hydrogens (tertiary/aromatic N) is 3. The van der Waals surface area contributed by atoms with Crippen molar-refractivity contribution in [1.29, 1.82) is 0 Å². The second-order valence-corrected chi connectivity index (χ2v) is 5.43. The lowest BCUT2D eigenvalue weighted by molar-refractivity contribution is 0.195. The molecule has 0 aliphatic carbocycles. The Morgan fingerprint density at radius 2 is 2.37 bits per heavy atom. The van der Waals surface area contributed by atoms with E-state index in [1.54, 1.807) is 7.11 Å². The number of halogens is 1. The molecule has 0 radical (unpaired) electrons. The van der Waals surface area contributed by atoms with E-state index in [9.17, 15) is 0 Å². The van der Waals surface area contributed by atoms with Gasteiger partial charge in [-0.1, -0.05) is 0 Å². The van der Waals surface area contributed by atoms with Gasteiger partial charge in [0.1, 0.15) is 0 Å². The van der Waals surface area contributed by atoms with Crippen LogP contribution in [0.2, 0.25) is 0 Å². The van der Waals surface area contributed by atoms with E-state index in [2.05, 4.69) is 33.3 Å². The van der Waals surface area contributed by atoms with E-state index in [4.69, 9.17) is 17.0 Å². The molecular formula is C12H21BrN4OS. The fraction of sp³-hybridized carbons (Fsp3) is 0.667. The van der Waals surface area contributed by atoms with Gasteiger partial charge in [-0.25, -0.2) is 0 Å². The van der Waals surface area contributed by atoms with Crippen LogP contribution in [0, 0.1) is 0 Å². The molecule has 0 aliphatic rings. The maximum atomic E-state index is 5.35. The Labute approximate surface area is 128 Å². The van der Waals surface area contributed by atoms with Crippen molar-refractivity contribution in [3.05, 3.63) is 16.4 Å². The SMILES string of the molecule is CCn1ncc(Br)c1CN(C)C(=S)NCCCOC. The smallest absolute Gasteiger partial charge is 0.169 e. The summed E-state index contributed by atoms with van der Waals surface area (Å²) in [7, 11) is 3.68. The molecule has 0 amide bonds. The molecule has 1 rings (SSSR count). The Hall–Kier alpha value is -0.660. The van der Waals surface area contributed by atoms with Crippen molar-refractivity contribution < 1.29 is 4.74 Å². The summed E-state index contributed by atoms with van der Waals surface area (Å²) in [6.07, 6.45) is 2.77. The summed E-state index contributed by atoms with van der Waals surface area (Å²) in [5, 5.41) is 8.26. The predicted molar refractivity (Wildman–Crippen MR) is 84.2 cm³/mol. The molecule has 0 unspecified atom stereocenters. The molecule has 5 nitrogen and oxygen atoms in total. The second-order valence-electron chi connectivity index (χ2n) is 4.19. The molecule has 0 aliphatic heterocycles. The third-order valence-corrected chi connectivity index (χ3v) is 3.85. The molecule has 1 heterocycles. The van der Waals surface area contributed by atoms with Crippen LogP contribution in [0.5, 0.6) is 0 Å². The van der Waals surface area contributed by atoms with Gasteiger partial charge in [0.15, 0.2) is 5.11 Å². The lowest BCUT2D eigenvalue weighted by atomic mass is 10.4. The van der Waals surface area contributed by atoms with Gasteiger partial charge in [-0.15, -0.1) is 0 Å². The van der Waals surface area contributed by atoms with Crippen molar-refractivity contribution in [1.82, 2.24) is 20.0 Å². The lowest BCUT2D eigenvalue weighted by Crippen LogP contribution is -2.37. The van der Waals surface area contributed by atoms with Crippen LogP contribution in [-0.2, 0) is 17.8 Å². The first-order chi connectivity index (χ1) is 9.10. The fourth-order valence-electron chi connectivity index (χ4n) is 1.66. The zero-order valence-electron chi connectivity index (χ0n) is 11.6. The zero-order chi connectivity index (χ0) is 14.3. The van der Waals surface area contributed by atoms with E-state index < -0.39 is 0 Å². The lowest BCUT2D eigenvalue weighted by Gasteiger charge is -2.21. The van der Waals surface area contributed by atoms with Crippen LogP contribution in [0.3, 0.4) is 0 Å². The topological polar surface area (TPSA) is 42.3 Å². The Morgan fingerprint density at radius 1 is 1.63 bits per heavy atom. The Balaban J connectivity index is 2.47. The number of hydrogen-bond donors (Lipinski definition) is 1. The monoisotopic (exact) mass is 348 g/mol. The minimum atomic E-state index is 0.727. The second kappa shape index (κ2) is 8.50. The van der Waals surface area contributed by atoms with Gasteiger partial charge in [-0.3, -0.25) is 4.68 Å². The molecule has 0 saturated heterocycles. The Morgan fingerprint density at radius 3 is 3.00 bits per heavy atom. The van der Waals surface area contributed by atoms with Crippen LogP contribution < -0.4 is 5.32 Å². The summed E-state index contributed by atoms with van der Waals surface area (Å²) in [4.78, 5) is 2.01. The van der Waals surface area contributed by atoms with Crippen LogP contribution in [-0.4, -0.2) is 47.1 Å². The van der Waals surface area contributed by atoms with Crippen molar-refractivity contribution in [2.24, 2.45) is 0 Å². The van der Waals surface area contributed by atoms with Gasteiger partial charge in [-0.2, -0.15) is 5.10 Å². The Kier molecular flexibility index (Phi) is 7.33. The highest BCUT2D eigenvalue weighted by Crippen LogP contribution is 2.17. The van der Waals surface area contributed by atoms with E-state index in [-0.39, 0.29) is 0 Å². The summed E-state index contributed by atoms with van der Waals surface area (Å²) in [6.45, 7) is 5.22. The van der Waals surface area contributed by atoms with E-state index in [0.29, 0.717) is 0 Å². The average Bonchev–Trinajstić information content (AvgIpc) is 2.75. The maximum absolute atomic E-state index is 5.35. The average molecular weight is 349 g/mol. The molecule has 1 N–H and O–H groups in total. The molecule has 0 atom stereocenters. The molecule has 0 aromatic carbocycles. The van der Waals surface area contributed by atoms with Crippen molar-refractivity contribution in [2.75, 3.05) is 27.3 Å². The third kappa shape index (κ3) is 5.08. The maximum Gasteiger partial charge on any atom is 0.169 e. The van der Waals surface area contributed by atoms with E-state index in [1.807, 2.05) is 22.8 Å². The number of hydrogen-bond acceptors (Lipinski definition) is 3. The number of rotatable bonds is 7. The molecule has 1 aromatic heterocycles. The molecule has 0 saturated carbocycles. The molecule has 0 spiro atoms. The van der Waals surface area contributed by atoms with Crippen LogP contribution in [0.15, 0.2) is 10.7 Å².